The van der Waals surface area contributed by atoms with E-state index in [1.165, 1.54) is 28.9 Å². The van der Waals surface area contributed by atoms with Gasteiger partial charge in [0, 0.05) is 37.5 Å². The lowest BCUT2D eigenvalue weighted by Gasteiger charge is -2.15. The zero-order valence-electron chi connectivity index (χ0n) is 15.5. The largest absolute Gasteiger partial charge is 0.356 e. The first-order valence-electron chi connectivity index (χ1n) is 8.99. The Hall–Kier alpha value is -1.69. The van der Waals surface area contributed by atoms with E-state index in [4.69, 9.17) is 0 Å². The molecule has 1 aliphatic carbocycles. The van der Waals surface area contributed by atoms with Crippen LogP contribution < -0.4 is 16.0 Å². The van der Waals surface area contributed by atoms with Crippen LogP contribution in [-0.4, -0.2) is 37.8 Å². The summed E-state index contributed by atoms with van der Waals surface area (Å²) in [5.41, 5.74) is 2.52. The molecule has 6 heteroatoms. The molecule has 1 aliphatic rings. The monoisotopic (exact) mass is 362 g/mol. The van der Waals surface area contributed by atoms with Gasteiger partial charge in [-0.15, -0.1) is 11.8 Å². The van der Waals surface area contributed by atoms with Gasteiger partial charge in [0.1, 0.15) is 0 Å². The van der Waals surface area contributed by atoms with Gasteiger partial charge in [-0.25, -0.2) is 0 Å². The lowest BCUT2D eigenvalue weighted by Crippen LogP contribution is -2.40. The Morgan fingerprint density at radius 1 is 1.28 bits per heavy atom. The van der Waals surface area contributed by atoms with Crippen molar-refractivity contribution in [2.24, 2.45) is 4.99 Å². The van der Waals surface area contributed by atoms with Crippen molar-refractivity contribution in [3.63, 3.8) is 0 Å². The summed E-state index contributed by atoms with van der Waals surface area (Å²) in [6.45, 7) is 3.40. The Morgan fingerprint density at radius 3 is 2.72 bits per heavy atom. The number of nitrogens with one attached hydrogen (secondary N) is 3. The molecule has 0 bridgehead atoms. The van der Waals surface area contributed by atoms with Crippen molar-refractivity contribution in [2.45, 2.75) is 56.5 Å². The maximum Gasteiger partial charge on any atom is 0.221 e. The Kier molecular flexibility index (Phi) is 8.12. The molecule has 1 saturated carbocycles. The molecule has 0 aromatic heterocycles. The third kappa shape index (κ3) is 6.61. The molecule has 0 radical (unpaired) electrons. The quantitative estimate of drug-likeness (QED) is 0.396. The molecular weight excluding hydrogens is 332 g/mol. The zero-order chi connectivity index (χ0) is 18.1. The molecule has 0 aliphatic heterocycles. The summed E-state index contributed by atoms with van der Waals surface area (Å²) in [6, 6.07) is 6.86. The first-order chi connectivity index (χ1) is 12.1. The minimum atomic E-state index is 0.123. The van der Waals surface area contributed by atoms with Crippen LogP contribution in [0, 0.1) is 6.92 Å². The zero-order valence-corrected chi connectivity index (χ0v) is 16.3. The van der Waals surface area contributed by atoms with Gasteiger partial charge in [0.25, 0.3) is 0 Å². The van der Waals surface area contributed by atoms with Gasteiger partial charge in [-0.2, -0.15) is 0 Å². The number of thioether (sulfide) groups is 1. The molecule has 1 aromatic rings. The highest BCUT2D eigenvalue weighted by Gasteiger charge is 2.16. The lowest BCUT2D eigenvalue weighted by molar-refractivity contribution is -0.121. The normalized spacial score (nSPS) is 15.2. The van der Waals surface area contributed by atoms with Crippen molar-refractivity contribution in [2.75, 3.05) is 19.8 Å². The summed E-state index contributed by atoms with van der Waals surface area (Å²) in [5.74, 6) is 0.847. The highest BCUT2D eigenvalue weighted by atomic mass is 32.2. The molecule has 1 aromatic carbocycles. The van der Waals surface area contributed by atoms with E-state index in [1.807, 2.05) is 0 Å². The number of hydrogen-bond acceptors (Lipinski definition) is 3. The van der Waals surface area contributed by atoms with Crippen molar-refractivity contribution in [1.29, 1.82) is 0 Å². The number of carbonyl (C=O) groups excluding carboxylic acids is 1. The predicted molar refractivity (Wildman–Crippen MR) is 106 cm³/mol. The number of nitrogens with zero attached hydrogens (tertiary/aromatic N) is 1. The van der Waals surface area contributed by atoms with Gasteiger partial charge in [0.05, 0.1) is 0 Å². The van der Waals surface area contributed by atoms with Crippen LogP contribution in [0.5, 0.6) is 0 Å². The SMILES string of the molecule is CN=C(NCCC(=O)NC1CCCC1)NCc1ccc(C)cc1SC. The van der Waals surface area contributed by atoms with Gasteiger partial charge in [-0.1, -0.05) is 25.0 Å². The van der Waals surface area contributed by atoms with Crippen molar-refractivity contribution < 1.29 is 4.79 Å². The number of hydrogen-bond donors (Lipinski definition) is 3. The average molecular weight is 363 g/mol. The highest BCUT2D eigenvalue weighted by molar-refractivity contribution is 7.98. The summed E-state index contributed by atoms with van der Waals surface area (Å²) < 4.78 is 0. The highest BCUT2D eigenvalue weighted by Crippen LogP contribution is 2.21. The fourth-order valence-electron chi connectivity index (χ4n) is 3.06. The first kappa shape index (κ1) is 19.6. The Labute approximate surface area is 155 Å². The van der Waals surface area contributed by atoms with Crippen LogP contribution in [0.3, 0.4) is 0 Å². The average Bonchev–Trinajstić information content (AvgIpc) is 3.11. The molecule has 0 saturated heterocycles. The third-order valence-corrected chi connectivity index (χ3v) is 5.30. The van der Waals surface area contributed by atoms with Gasteiger partial charge in [-0.3, -0.25) is 9.79 Å². The van der Waals surface area contributed by atoms with Crippen LogP contribution in [-0.2, 0) is 11.3 Å². The fourth-order valence-corrected chi connectivity index (χ4v) is 3.77. The second kappa shape index (κ2) is 10.3. The number of benzene rings is 1. The predicted octanol–water partition coefficient (Wildman–Crippen LogP) is 2.83. The standard InChI is InChI=1S/C19H30N4OS/c1-14-8-9-15(17(12-14)25-3)13-22-19(20-2)21-11-10-18(24)23-16-6-4-5-7-16/h8-9,12,16H,4-7,10-11,13H2,1-3H3,(H,23,24)(H2,20,21,22). The first-order valence-corrected chi connectivity index (χ1v) is 10.2. The Balaban J connectivity index is 1.72. The number of rotatable bonds is 7. The molecule has 0 atom stereocenters. The summed E-state index contributed by atoms with van der Waals surface area (Å²) in [7, 11) is 1.75. The minimum absolute atomic E-state index is 0.123. The molecule has 2 rings (SSSR count). The smallest absolute Gasteiger partial charge is 0.221 e. The lowest BCUT2D eigenvalue weighted by atomic mass is 10.1. The van der Waals surface area contributed by atoms with Crippen molar-refractivity contribution in [3.05, 3.63) is 29.3 Å². The van der Waals surface area contributed by atoms with Crippen molar-refractivity contribution >= 4 is 23.6 Å². The van der Waals surface area contributed by atoms with E-state index in [9.17, 15) is 4.79 Å². The van der Waals surface area contributed by atoms with Gasteiger partial charge < -0.3 is 16.0 Å². The van der Waals surface area contributed by atoms with Crippen LogP contribution in [0.4, 0.5) is 0 Å². The number of guanidine groups is 1. The molecule has 3 N–H and O–H groups in total. The number of carbonyl (C=O) groups is 1. The van der Waals surface area contributed by atoms with Gasteiger partial charge in [0.2, 0.25) is 5.91 Å². The van der Waals surface area contributed by atoms with Gasteiger partial charge >= 0.3 is 0 Å². The summed E-state index contributed by atoms with van der Waals surface area (Å²) in [5, 5.41) is 9.64. The number of aryl methyl sites for hydroxylation is 1. The van der Waals surface area contributed by atoms with Crippen LogP contribution in [0.25, 0.3) is 0 Å². The van der Waals surface area contributed by atoms with E-state index >= 15 is 0 Å². The van der Waals surface area contributed by atoms with Crippen molar-refractivity contribution in [3.8, 4) is 0 Å². The van der Waals surface area contributed by atoms with Crippen molar-refractivity contribution in [1.82, 2.24) is 16.0 Å². The molecule has 25 heavy (non-hydrogen) atoms. The minimum Gasteiger partial charge on any atom is -0.356 e. The summed E-state index contributed by atoms with van der Waals surface area (Å²) >= 11 is 1.75. The van der Waals surface area contributed by atoms with E-state index in [-0.39, 0.29) is 5.91 Å². The fraction of sp³-hybridized carbons (Fsp3) is 0.579. The van der Waals surface area contributed by atoms with E-state index in [2.05, 4.69) is 52.3 Å². The van der Waals surface area contributed by atoms with E-state index < -0.39 is 0 Å². The van der Waals surface area contributed by atoms with Crippen LogP contribution in [0.1, 0.15) is 43.2 Å². The third-order valence-electron chi connectivity index (χ3n) is 4.48. The molecule has 0 heterocycles. The summed E-state index contributed by atoms with van der Waals surface area (Å²) in [6.07, 6.45) is 7.27. The Bertz CT molecular complexity index is 597. The molecule has 5 nitrogen and oxygen atoms in total. The summed E-state index contributed by atoms with van der Waals surface area (Å²) in [4.78, 5) is 17.5. The molecule has 1 fully saturated rings. The Morgan fingerprint density at radius 2 is 2.04 bits per heavy atom. The van der Waals surface area contributed by atoms with Crippen LogP contribution in [0.15, 0.2) is 28.1 Å². The second-order valence-electron chi connectivity index (χ2n) is 6.47. The van der Waals surface area contributed by atoms with Crippen LogP contribution >= 0.6 is 11.8 Å². The van der Waals surface area contributed by atoms with Gasteiger partial charge in [0.15, 0.2) is 5.96 Å². The molecular formula is C19H30N4OS. The molecule has 0 spiro atoms. The number of amides is 1. The van der Waals surface area contributed by atoms with Crippen LogP contribution in [0.2, 0.25) is 0 Å². The maximum atomic E-state index is 11.9. The maximum absolute atomic E-state index is 11.9. The van der Waals surface area contributed by atoms with E-state index in [0.717, 1.165) is 18.8 Å². The van der Waals surface area contributed by atoms with E-state index in [1.54, 1.807) is 18.8 Å². The number of aliphatic imine (C=N–C) groups is 1. The van der Waals surface area contributed by atoms with E-state index in [0.29, 0.717) is 25.6 Å². The molecule has 138 valence electrons. The molecule has 0 unspecified atom stereocenters. The molecule has 1 amide bonds. The topological polar surface area (TPSA) is 65.5 Å². The second-order valence-corrected chi connectivity index (χ2v) is 7.31. The van der Waals surface area contributed by atoms with Gasteiger partial charge in [-0.05, 0) is 43.2 Å².